The van der Waals surface area contributed by atoms with Crippen LogP contribution in [0.3, 0.4) is 0 Å². The van der Waals surface area contributed by atoms with Gasteiger partial charge in [-0.2, -0.15) is 0 Å². The third-order valence-electron chi connectivity index (χ3n) is 9.78. The van der Waals surface area contributed by atoms with Crippen molar-refractivity contribution in [1.82, 2.24) is 19.9 Å². The predicted octanol–water partition coefficient (Wildman–Crippen LogP) is 12.6. The summed E-state index contributed by atoms with van der Waals surface area (Å²) in [6.07, 6.45) is 0. The van der Waals surface area contributed by atoms with E-state index in [1.54, 1.807) is 11.3 Å². The largest absolute Gasteiger partial charge is 0.236 e. The Morgan fingerprint density at radius 2 is 0.865 bits per heavy atom. The molecule has 0 spiro atoms. The molecule has 0 radical (unpaired) electrons. The van der Waals surface area contributed by atoms with Crippen LogP contribution in [0, 0.1) is 6.92 Å². The van der Waals surface area contributed by atoms with Gasteiger partial charge in [0, 0.05) is 22.3 Å². The average molecular weight is 683 g/mol. The summed E-state index contributed by atoms with van der Waals surface area (Å²) in [6, 6.07) is 57.6. The molecule has 0 fully saturated rings. The van der Waals surface area contributed by atoms with E-state index in [2.05, 4.69) is 110 Å². The van der Waals surface area contributed by atoms with Crippen LogP contribution in [0.15, 0.2) is 164 Å². The van der Waals surface area contributed by atoms with Crippen LogP contribution < -0.4 is 0 Å². The highest BCUT2D eigenvalue weighted by Crippen LogP contribution is 2.39. The van der Waals surface area contributed by atoms with Crippen molar-refractivity contribution in [2.24, 2.45) is 0 Å². The van der Waals surface area contributed by atoms with Gasteiger partial charge in [0.1, 0.15) is 5.01 Å². The smallest absolute Gasteiger partial charge is 0.164 e. The number of hydrogen-bond acceptors (Lipinski definition) is 5. The zero-order valence-corrected chi connectivity index (χ0v) is 29.1. The fraction of sp³-hybridized carbons (Fsp3) is 0.0213. The molecule has 10 rings (SSSR count). The second-order valence-electron chi connectivity index (χ2n) is 13.2. The third kappa shape index (κ3) is 5.31. The Hall–Kier alpha value is -6.56. The molecule has 2 aromatic heterocycles. The third-order valence-corrected chi connectivity index (χ3v) is 10.9. The lowest BCUT2D eigenvalue weighted by molar-refractivity contribution is 1.07. The van der Waals surface area contributed by atoms with Crippen LogP contribution in [-0.2, 0) is 0 Å². The number of benzene rings is 8. The first kappa shape index (κ1) is 30.3. The molecule has 0 aliphatic heterocycles. The predicted molar refractivity (Wildman–Crippen MR) is 217 cm³/mol. The van der Waals surface area contributed by atoms with Crippen molar-refractivity contribution >= 4 is 53.9 Å². The quantitative estimate of drug-likeness (QED) is 0.170. The zero-order valence-electron chi connectivity index (χ0n) is 28.3. The van der Waals surface area contributed by atoms with E-state index in [0.29, 0.717) is 17.5 Å². The van der Waals surface area contributed by atoms with Crippen molar-refractivity contribution in [2.75, 3.05) is 0 Å². The fourth-order valence-corrected chi connectivity index (χ4v) is 8.15. The first-order valence-corrected chi connectivity index (χ1v) is 18.2. The van der Waals surface area contributed by atoms with Crippen LogP contribution in [0.5, 0.6) is 0 Å². The lowest BCUT2D eigenvalue weighted by Gasteiger charge is -2.13. The molecule has 8 aromatic carbocycles. The first-order chi connectivity index (χ1) is 25.6. The molecule has 0 bridgehead atoms. The molecule has 2 heterocycles. The van der Waals surface area contributed by atoms with Crippen LogP contribution in [0.2, 0.25) is 0 Å². The summed E-state index contributed by atoms with van der Waals surface area (Å²) in [5.74, 6) is 1.91. The van der Waals surface area contributed by atoms with E-state index in [4.69, 9.17) is 19.9 Å². The van der Waals surface area contributed by atoms with Gasteiger partial charge in [-0.05, 0) is 80.7 Å². The summed E-state index contributed by atoms with van der Waals surface area (Å²) < 4.78 is 1.11. The van der Waals surface area contributed by atoms with Crippen molar-refractivity contribution < 1.29 is 0 Å². The first-order valence-electron chi connectivity index (χ1n) is 17.4. The minimum Gasteiger partial charge on any atom is -0.236 e. The van der Waals surface area contributed by atoms with E-state index < -0.39 is 0 Å². The Bertz CT molecular complexity index is 2910. The number of thiazole rings is 1. The van der Waals surface area contributed by atoms with Crippen LogP contribution >= 0.6 is 11.3 Å². The monoisotopic (exact) mass is 682 g/mol. The molecule has 0 saturated heterocycles. The molecule has 0 aliphatic carbocycles. The number of nitrogens with zero attached hydrogens (tertiary/aromatic N) is 4. The van der Waals surface area contributed by atoms with E-state index in [-0.39, 0.29) is 0 Å². The number of hydrogen-bond donors (Lipinski definition) is 0. The molecule has 0 unspecified atom stereocenters. The lowest BCUT2D eigenvalue weighted by atomic mass is 9.91. The van der Waals surface area contributed by atoms with Gasteiger partial charge in [0.15, 0.2) is 17.5 Å². The van der Waals surface area contributed by atoms with Gasteiger partial charge in [-0.15, -0.1) is 11.3 Å². The van der Waals surface area contributed by atoms with Crippen molar-refractivity contribution in [3.63, 3.8) is 0 Å². The van der Waals surface area contributed by atoms with Crippen molar-refractivity contribution in [3.8, 4) is 55.9 Å². The highest BCUT2D eigenvalue weighted by Gasteiger charge is 2.15. The molecule has 10 aromatic rings. The highest BCUT2D eigenvalue weighted by molar-refractivity contribution is 7.21. The maximum Gasteiger partial charge on any atom is 0.164 e. The standard InChI is InChI=1S/C47H30N4S/c1-29-19-22-38-36-17-8-9-18-37(36)41-27-33(20-23-39(41)40(38)25-29)32-15-10-16-35(26-32)47-48-42-28-34(21-24-43(42)52-47)46-50-44(30-11-4-2-5-12-30)49-45(51-46)31-13-6-3-7-14-31/h2-28H,1H3. The molecule has 4 nitrogen and oxygen atoms in total. The number of rotatable bonds is 5. The topological polar surface area (TPSA) is 51.6 Å². The van der Waals surface area contributed by atoms with Gasteiger partial charge in [-0.1, -0.05) is 139 Å². The van der Waals surface area contributed by atoms with Crippen molar-refractivity contribution in [1.29, 1.82) is 0 Å². The van der Waals surface area contributed by atoms with E-state index in [9.17, 15) is 0 Å². The van der Waals surface area contributed by atoms with Crippen LogP contribution in [0.1, 0.15) is 5.56 Å². The lowest BCUT2D eigenvalue weighted by Crippen LogP contribution is -2.00. The SMILES string of the molecule is Cc1ccc2c3ccccc3c3cc(-c4cccc(-c5nc6cc(-c7nc(-c8ccccc8)nc(-c8ccccc8)n7)ccc6s5)c4)ccc3c2c1. The summed E-state index contributed by atoms with van der Waals surface area (Å²) in [5.41, 5.74) is 8.44. The Morgan fingerprint density at radius 3 is 1.60 bits per heavy atom. The fourth-order valence-electron chi connectivity index (χ4n) is 7.21. The minimum absolute atomic E-state index is 0.623. The average Bonchev–Trinajstić information content (AvgIpc) is 3.65. The van der Waals surface area contributed by atoms with E-state index in [1.807, 2.05) is 60.7 Å². The Balaban J connectivity index is 1.04. The van der Waals surface area contributed by atoms with Gasteiger partial charge in [-0.25, -0.2) is 19.9 Å². The number of aromatic nitrogens is 4. The molecule has 0 amide bonds. The van der Waals surface area contributed by atoms with E-state index >= 15 is 0 Å². The molecule has 244 valence electrons. The van der Waals surface area contributed by atoms with Crippen molar-refractivity contribution in [3.05, 3.63) is 169 Å². The van der Waals surface area contributed by atoms with Gasteiger partial charge in [0.05, 0.1) is 10.2 Å². The molecule has 0 atom stereocenters. The van der Waals surface area contributed by atoms with E-state index in [0.717, 1.165) is 37.5 Å². The molecule has 0 N–H and O–H groups in total. The van der Waals surface area contributed by atoms with Crippen molar-refractivity contribution in [2.45, 2.75) is 6.92 Å². The summed E-state index contributed by atoms with van der Waals surface area (Å²) in [7, 11) is 0. The normalized spacial score (nSPS) is 11.6. The maximum absolute atomic E-state index is 5.15. The highest BCUT2D eigenvalue weighted by atomic mass is 32.1. The van der Waals surface area contributed by atoms with Gasteiger partial charge in [0.25, 0.3) is 0 Å². The Labute approximate surface area is 304 Å². The zero-order chi connectivity index (χ0) is 34.6. The minimum atomic E-state index is 0.623. The second-order valence-corrected chi connectivity index (χ2v) is 14.2. The number of aryl methyl sites for hydroxylation is 1. The van der Waals surface area contributed by atoms with Crippen LogP contribution in [0.25, 0.3) is 98.4 Å². The van der Waals surface area contributed by atoms with Crippen LogP contribution in [-0.4, -0.2) is 19.9 Å². The maximum atomic E-state index is 5.15. The number of fused-ring (bicyclic) bond motifs is 7. The molecule has 0 aliphatic rings. The van der Waals surface area contributed by atoms with Gasteiger partial charge >= 0.3 is 0 Å². The van der Waals surface area contributed by atoms with Gasteiger partial charge in [0.2, 0.25) is 0 Å². The summed E-state index contributed by atoms with van der Waals surface area (Å²) in [5, 5.41) is 8.69. The molecular formula is C47H30N4S. The van der Waals surface area contributed by atoms with Gasteiger partial charge in [-0.3, -0.25) is 0 Å². The second kappa shape index (κ2) is 12.3. The Kier molecular flexibility index (Phi) is 7.18. The Morgan fingerprint density at radius 1 is 0.346 bits per heavy atom. The summed E-state index contributed by atoms with van der Waals surface area (Å²) in [6.45, 7) is 2.17. The van der Waals surface area contributed by atoms with Gasteiger partial charge < -0.3 is 0 Å². The summed E-state index contributed by atoms with van der Waals surface area (Å²) >= 11 is 1.70. The summed E-state index contributed by atoms with van der Waals surface area (Å²) in [4.78, 5) is 19.9. The molecule has 52 heavy (non-hydrogen) atoms. The molecule has 5 heteroatoms. The van der Waals surface area contributed by atoms with Crippen LogP contribution in [0.4, 0.5) is 0 Å². The molecular weight excluding hydrogens is 653 g/mol. The molecule has 0 saturated carbocycles. The van der Waals surface area contributed by atoms with E-state index in [1.165, 1.54) is 49.0 Å².